The molecule has 4 aliphatic heterocycles. The zero-order valence-electron chi connectivity index (χ0n) is 26.6. The van der Waals surface area contributed by atoms with Crippen molar-refractivity contribution in [1.29, 1.82) is 0 Å². The molecule has 4 heterocycles. The van der Waals surface area contributed by atoms with Crippen LogP contribution in [0, 0.1) is 0 Å². The van der Waals surface area contributed by atoms with Gasteiger partial charge in [0.25, 0.3) is 0 Å². The molecule has 2 aromatic rings. The van der Waals surface area contributed by atoms with Crippen LogP contribution in [0.15, 0.2) is 71.2 Å². The monoisotopic (exact) mass is 608 g/mol. The molecular weight excluding hydrogens is 568 g/mol. The summed E-state index contributed by atoms with van der Waals surface area (Å²) in [6, 6.07) is 8.97. The second-order valence-corrected chi connectivity index (χ2v) is 13.7. The van der Waals surface area contributed by atoms with Crippen molar-refractivity contribution in [1.82, 2.24) is 9.80 Å². The highest BCUT2D eigenvalue weighted by molar-refractivity contribution is 5.69. The van der Waals surface area contributed by atoms with Crippen LogP contribution in [0.4, 0.5) is 0 Å². The van der Waals surface area contributed by atoms with Crippen LogP contribution in [0.5, 0.6) is 23.0 Å². The van der Waals surface area contributed by atoms with Gasteiger partial charge in [-0.3, -0.25) is 9.80 Å². The van der Waals surface area contributed by atoms with E-state index in [9.17, 15) is 5.11 Å². The van der Waals surface area contributed by atoms with Crippen LogP contribution >= 0.6 is 0 Å². The maximum Gasteiger partial charge on any atom is 0.169 e. The number of allylic oxidation sites excluding steroid dienone is 4. The van der Waals surface area contributed by atoms with Crippen molar-refractivity contribution >= 4 is 0 Å². The molecule has 2 fully saturated rings. The fraction of sp³-hybridized carbons (Fsp3) is 0.459. The molecule has 2 spiro atoms. The number of rotatable bonds is 3. The summed E-state index contributed by atoms with van der Waals surface area (Å²) in [6.07, 6.45) is 12.5. The van der Waals surface area contributed by atoms with Crippen LogP contribution in [-0.2, 0) is 33.1 Å². The SMILES string of the molecule is COC1=CC=C2C3Cc4ccc(O)c5c4[C@@]2(CCN3C)C1O5.COC1=CC=C2C3Cc4ccc(OC)c5c4[C@@]2(CCN3C)C1O5. The number of likely N-dealkylation sites (N-methyl/N-ethyl adjacent to an activating group) is 2. The summed E-state index contributed by atoms with van der Waals surface area (Å²) < 4.78 is 29.6. The smallest absolute Gasteiger partial charge is 0.169 e. The number of phenols is 1. The van der Waals surface area contributed by atoms with Gasteiger partial charge in [0.1, 0.15) is 11.5 Å². The van der Waals surface area contributed by atoms with Crippen LogP contribution in [-0.4, -0.2) is 87.7 Å². The van der Waals surface area contributed by atoms with E-state index in [0.29, 0.717) is 17.8 Å². The average molecular weight is 609 g/mol. The van der Waals surface area contributed by atoms with Crippen molar-refractivity contribution in [3.05, 3.63) is 93.5 Å². The molecule has 4 unspecified atom stereocenters. The predicted molar refractivity (Wildman–Crippen MR) is 169 cm³/mol. The lowest BCUT2D eigenvalue weighted by molar-refractivity contribution is 0.0734. The number of likely N-dealkylation sites (tertiary alicyclic amines) is 2. The first kappa shape index (κ1) is 27.4. The quantitative estimate of drug-likeness (QED) is 0.545. The highest BCUT2D eigenvalue weighted by Gasteiger charge is 2.63. The number of aromatic hydroxyl groups is 1. The summed E-state index contributed by atoms with van der Waals surface area (Å²) in [5.74, 6) is 4.45. The maximum absolute atomic E-state index is 10.3. The molecule has 6 atom stereocenters. The van der Waals surface area contributed by atoms with Gasteiger partial charge in [-0.1, -0.05) is 24.3 Å². The Bertz CT molecular complexity index is 1770. The third kappa shape index (κ3) is 3.24. The number of nitrogens with zero attached hydrogens (tertiary/aromatic N) is 2. The summed E-state index contributed by atoms with van der Waals surface area (Å²) in [4.78, 5) is 4.92. The zero-order valence-corrected chi connectivity index (χ0v) is 26.6. The molecule has 0 saturated carbocycles. The summed E-state index contributed by atoms with van der Waals surface area (Å²) >= 11 is 0. The van der Waals surface area contributed by atoms with E-state index in [1.807, 2.05) is 12.1 Å². The Morgan fingerprint density at radius 2 is 1.20 bits per heavy atom. The van der Waals surface area contributed by atoms with Crippen molar-refractivity contribution in [2.75, 3.05) is 48.5 Å². The largest absolute Gasteiger partial charge is 0.504 e. The maximum atomic E-state index is 10.3. The molecule has 0 aromatic heterocycles. The number of hydrogen-bond acceptors (Lipinski definition) is 8. The molecule has 2 aromatic carbocycles. The third-order valence-corrected chi connectivity index (χ3v) is 12.1. The van der Waals surface area contributed by atoms with Crippen molar-refractivity contribution in [3.63, 3.8) is 0 Å². The molecule has 0 amide bonds. The Hall–Kier alpha value is -3.88. The Labute approximate surface area is 264 Å². The minimum Gasteiger partial charge on any atom is -0.504 e. The number of ether oxygens (including phenoxy) is 5. The molecule has 45 heavy (non-hydrogen) atoms. The van der Waals surface area contributed by atoms with Crippen molar-refractivity contribution in [2.45, 2.75) is 60.8 Å². The Kier molecular flexibility index (Phi) is 5.69. The average Bonchev–Trinajstić information content (AvgIpc) is 3.60. The first-order valence-electron chi connectivity index (χ1n) is 16.1. The lowest BCUT2D eigenvalue weighted by Crippen LogP contribution is -2.58. The molecular formula is C37H40N2O6. The van der Waals surface area contributed by atoms with Crippen LogP contribution < -0.4 is 14.2 Å². The number of benzene rings is 2. The summed E-state index contributed by atoms with van der Waals surface area (Å²) in [5.41, 5.74) is 7.93. The Morgan fingerprint density at radius 3 is 1.73 bits per heavy atom. The topological polar surface area (TPSA) is 72.9 Å². The normalized spacial score (nSPS) is 33.9. The predicted octanol–water partition coefficient (Wildman–Crippen LogP) is 4.55. The number of methoxy groups -OCH3 is 3. The van der Waals surface area contributed by atoms with Crippen LogP contribution in [0.2, 0.25) is 0 Å². The van der Waals surface area contributed by atoms with E-state index in [1.54, 1.807) is 27.4 Å². The first-order chi connectivity index (χ1) is 21.9. The molecule has 2 saturated heterocycles. The Balaban J connectivity index is 0.000000125. The highest BCUT2D eigenvalue weighted by Crippen LogP contribution is 2.64. The van der Waals surface area contributed by atoms with Gasteiger partial charge >= 0.3 is 0 Å². The number of hydrogen-bond donors (Lipinski definition) is 1. The van der Waals surface area contributed by atoms with E-state index >= 15 is 0 Å². The van der Waals surface area contributed by atoms with Gasteiger partial charge in [0.05, 0.1) is 32.2 Å². The minimum atomic E-state index is -0.154. The number of phenolic OH excluding ortho intramolecular Hbond substituents is 1. The van der Waals surface area contributed by atoms with Gasteiger partial charge in [-0.05, 0) is 99.4 Å². The third-order valence-electron chi connectivity index (χ3n) is 12.1. The highest BCUT2D eigenvalue weighted by atomic mass is 16.6. The first-order valence-corrected chi connectivity index (χ1v) is 16.1. The van der Waals surface area contributed by atoms with Gasteiger partial charge in [-0.15, -0.1) is 0 Å². The van der Waals surface area contributed by atoms with E-state index in [0.717, 1.165) is 61.8 Å². The van der Waals surface area contributed by atoms with Crippen molar-refractivity contribution in [3.8, 4) is 23.0 Å². The van der Waals surface area contributed by atoms with Crippen LogP contribution in [0.1, 0.15) is 35.1 Å². The van der Waals surface area contributed by atoms with Crippen molar-refractivity contribution in [2.24, 2.45) is 0 Å². The van der Waals surface area contributed by atoms with E-state index in [-0.39, 0.29) is 28.8 Å². The molecule has 8 heteroatoms. The second-order valence-electron chi connectivity index (χ2n) is 13.7. The van der Waals surface area contributed by atoms with Gasteiger partial charge in [-0.25, -0.2) is 0 Å². The molecule has 10 rings (SSSR count). The fourth-order valence-electron chi connectivity index (χ4n) is 10.0. The van der Waals surface area contributed by atoms with Gasteiger partial charge in [0.15, 0.2) is 35.2 Å². The van der Waals surface area contributed by atoms with Crippen LogP contribution in [0.3, 0.4) is 0 Å². The lowest BCUT2D eigenvalue weighted by atomic mass is 9.57. The van der Waals surface area contributed by atoms with Crippen molar-refractivity contribution < 1.29 is 28.8 Å². The van der Waals surface area contributed by atoms with Gasteiger partial charge in [0, 0.05) is 23.2 Å². The van der Waals surface area contributed by atoms with Gasteiger partial charge in [-0.2, -0.15) is 0 Å². The summed E-state index contributed by atoms with van der Waals surface area (Å²) in [7, 11) is 9.58. The molecule has 0 radical (unpaired) electrons. The van der Waals surface area contributed by atoms with Gasteiger partial charge in [0.2, 0.25) is 0 Å². The lowest BCUT2D eigenvalue weighted by Gasteiger charge is -2.52. The Morgan fingerprint density at radius 1 is 0.689 bits per heavy atom. The molecule has 234 valence electrons. The van der Waals surface area contributed by atoms with E-state index in [4.69, 9.17) is 23.7 Å². The molecule has 8 nitrogen and oxygen atoms in total. The molecule has 8 aliphatic rings. The summed E-state index contributed by atoms with van der Waals surface area (Å²) in [6.45, 7) is 2.11. The number of piperidine rings is 2. The van der Waals surface area contributed by atoms with E-state index in [1.165, 1.54) is 33.4 Å². The standard InChI is InChI=1S/C19H21NO3.C18H19NO3/c1-20-9-8-19-12-5-7-15(22-3)18(19)23-17-14(21-2)6-4-11(16(17)19)10-13(12)20;1-19-8-7-18-11-4-6-14(21-2)17(18)22-16-13(20)5-3-10(15(16)18)9-12(11)19/h4-7,13,18H,8-10H2,1-3H3;3-6,12,17,20H,7-9H2,1-2H3/t13?,18?,19-;12?,17?,18-/m00/s1. The molecule has 1 N–H and O–H groups in total. The van der Waals surface area contributed by atoms with Crippen LogP contribution in [0.25, 0.3) is 0 Å². The van der Waals surface area contributed by atoms with E-state index in [2.05, 4.69) is 54.3 Å². The second kappa shape index (κ2) is 9.33. The molecule has 4 bridgehead atoms. The van der Waals surface area contributed by atoms with E-state index < -0.39 is 0 Å². The zero-order chi connectivity index (χ0) is 30.8. The summed E-state index contributed by atoms with van der Waals surface area (Å²) in [5, 5.41) is 10.3. The molecule has 4 aliphatic carbocycles. The fourth-order valence-corrected chi connectivity index (χ4v) is 10.0. The van der Waals surface area contributed by atoms with Gasteiger partial charge < -0.3 is 28.8 Å². The minimum absolute atomic E-state index is 0.0611.